The largest absolute Gasteiger partial charge is 0.490 e. The fourth-order valence-corrected chi connectivity index (χ4v) is 4.88. The van der Waals surface area contributed by atoms with Gasteiger partial charge in [-0.1, -0.05) is 18.1 Å². The molecule has 1 saturated heterocycles. The molecule has 6 nitrogen and oxygen atoms in total. The van der Waals surface area contributed by atoms with Crippen molar-refractivity contribution in [3.8, 4) is 23.8 Å². The zero-order valence-corrected chi connectivity index (χ0v) is 16.9. The molecule has 2 fully saturated rings. The number of terminal acetylenes is 1. The van der Waals surface area contributed by atoms with E-state index in [-0.39, 0.29) is 42.1 Å². The van der Waals surface area contributed by atoms with Crippen LogP contribution in [0, 0.1) is 36.0 Å². The molecule has 0 spiro atoms. The molecule has 144 valence electrons. The van der Waals surface area contributed by atoms with Gasteiger partial charge in [0.1, 0.15) is 6.61 Å². The lowest BCUT2D eigenvalue weighted by Crippen LogP contribution is -2.28. The lowest BCUT2D eigenvalue weighted by atomic mass is 9.85. The van der Waals surface area contributed by atoms with Crippen LogP contribution in [0.2, 0.25) is 0 Å². The summed E-state index contributed by atoms with van der Waals surface area (Å²) in [6.07, 6.45) is 11.8. The topological polar surface area (TPSA) is 68.2 Å². The monoisotopic (exact) mass is 442 g/mol. The summed E-state index contributed by atoms with van der Waals surface area (Å²) in [5.74, 6) is 2.82. The average molecular weight is 443 g/mol. The molecular formula is C21H19BrN2O4. The van der Waals surface area contributed by atoms with Crippen molar-refractivity contribution in [3.63, 3.8) is 0 Å². The van der Waals surface area contributed by atoms with Crippen molar-refractivity contribution in [1.82, 2.24) is 5.01 Å². The van der Waals surface area contributed by atoms with Gasteiger partial charge in [-0.25, -0.2) is 0 Å². The lowest BCUT2D eigenvalue weighted by molar-refractivity contribution is -0.140. The van der Waals surface area contributed by atoms with Crippen LogP contribution in [-0.2, 0) is 9.59 Å². The zero-order chi connectivity index (χ0) is 19.8. The van der Waals surface area contributed by atoms with Gasteiger partial charge in [-0.05, 0) is 58.8 Å². The fraction of sp³-hybridized carbons (Fsp3) is 0.381. The Morgan fingerprint density at radius 2 is 1.93 bits per heavy atom. The standard InChI is InChI=1S/C21H19BrN2O4/c1-3-7-28-19-15(22)8-12(9-16(19)27-4-2)11-23-24-20(25)17-13-5-6-14(10-13)18(17)21(24)26/h1,5-6,8-9,11,13-14,17-18H,4,7,10H2,2H3. The maximum absolute atomic E-state index is 12.7. The molecule has 1 aliphatic heterocycles. The number of hydrogen-bond acceptors (Lipinski definition) is 5. The van der Waals surface area contributed by atoms with Gasteiger partial charge in [-0.15, -0.1) is 6.42 Å². The first-order chi connectivity index (χ1) is 13.5. The number of carbonyl (C=O) groups is 2. The Morgan fingerprint density at radius 3 is 2.54 bits per heavy atom. The van der Waals surface area contributed by atoms with Gasteiger partial charge in [0.05, 0.1) is 29.1 Å². The number of rotatable bonds is 6. The molecule has 4 unspecified atom stereocenters. The summed E-state index contributed by atoms with van der Waals surface area (Å²) in [7, 11) is 0. The third-order valence-corrected chi connectivity index (χ3v) is 5.99. The summed E-state index contributed by atoms with van der Waals surface area (Å²) in [6.45, 7) is 2.42. The summed E-state index contributed by atoms with van der Waals surface area (Å²) in [6, 6.07) is 3.51. The van der Waals surface area contributed by atoms with Gasteiger partial charge in [-0.3, -0.25) is 9.59 Å². The SMILES string of the molecule is C#CCOc1c(Br)cc(C=NN2C(=O)C3C4C=CC(C4)C3C2=O)cc1OCC. The number of amides is 2. The number of fused-ring (bicyclic) bond motifs is 5. The molecule has 2 amide bonds. The maximum atomic E-state index is 12.7. The van der Waals surface area contributed by atoms with Crippen LogP contribution >= 0.6 is 15.9 Å². The van der Waals surface area contributed by atoms with E-state index < -0.39 is 0 Å². The summed E-state index contributed by atoms with van der Waals surface area (Å²) in [5, 5.41) is 5.23. The highest BCUT2D eigenvalue weighted by atomic mass is 79.9. The van der Waals surface area contributed by atoms with E-state index in [9.17, 15) is 9.59 Å². The molecule has 2 aliphatic carbocycles. The number of ether oxygens (including phenoxy) is 2. The van der Waals surface area contributed by atoms with Gasteiger partial charge in [0.15, 0.2) is 11.5 Å². The van der Waals surface area contributed by atoms with E-state index >= 15 is 0 Å². The Kier molecular flexibility index (Phi) is 4.98. The lowest BCUT2D eigenvalue weighted by Gasteiger charge is -2.14. The number of halogens is 1. The van der Waals surface area contributed by atoms with Crippen molar-refractivity contribution in [3.05, 3.63) is 34.3 Å². The van der Waals surface area contributed by atoms with Crippen molar-refractivity contribution in [1.29, 1.82) is 0 Å². The molecular weight excluding hydrogens is 424 g/mol. The van der Waals surface area contributed by atoms with Crippen LogP contribution in [-0.4, -0.2) is 36.3 Å². The molecule has 0 aromatic heterocycles. The molecule has 2 bridgehead atoms. The smallest absolute Gasteiger partial charge is 0.254 e. The van der Waals surface area contributed by atoms with Crippen LogP contribution in [0.1, 0.15) is 18.9 Å². The molecule has 4 rings (SSSR count). The van der Waals surface area contributed by atoms with E-state index in [4.69, 9.17) is 15.9 Å². The molecule has 28 heavy (non-hydrogen) atoms. The molecule has 1 aromatic carbocycles. The van der Waals surface area contributed by atoms with Gasteiger partial charge >= 0.3 is 0 Å². The molecule has 0 N–H and O–H groups in total. The minimum atomic E-state index is -0.259. The van der Waals surface area contributed by atoms with Gasteiger partial charge in [0.2, 0.25) is 0 Å². The fourth-order valence-electron chi connectivity index (χ4n) is 4.30. The van der Waals surface area contributed by atoms with Crippen LogP contribution < -0.4 is 9.47 Å². The Hall–Kier alpha value is -2.59. The normalized spacial score (nSPS) is 27.5. The number of allylic oxidation sites excluding steroid dienone is 2. The Morgan fingerprint density at radius 1 is 1.25 bits per heavy atom. The first-order valence-electron chi connectivity index (χ1n) is 9.17. The van der Waals surface area contributed by atoms with Crippen molar-refractivity contribution in [2.75, 3.05) is 13.2 Å². The molecule has 0 radical (unpaired) electrons. The van der Waals surface area contributed by atoms with Crippen LogP contribution in [0.5, 0.6) is 11.5 Å². The third kappa shape index (κ3) is 3.02. The number of hydrogen-bond donors (Lipinski definition) is 0. The quantitative estimate of drug-likeness (QED) is 0.294. The van der Waals surface area contributed by atoms with Crippen molar-refractivity contribution in [2.24, 2.45) is 28.8 Å². The van der Waals surface area contributed by atoms with Crippen molar-refractivity contribution < 1.29 is 19.1 Å². The number of imide groups is 1. The second-order valence-electron chi connectivity index (χ2n) is 6.99. The molecule has 1 aromatic rings. The van der Waals surface area contributed by atoms with Crippen LogP contribution in [0.3, 0.4) is 0 Å². The second-order valence-corrected chi connectivity index (χ2v) is 7.84. The maximum Gasteiger partial charge on any atom is 0.254 e. The molecule has 7 heteroatoms. The van der Waals surface area contributed by atoms with Gasteiger partial charge in [-0.2, -0.15) is 10.1 Å². The zero-order valence-electron chi connectivity index (χ0n) is 15.3. The minimum absolute atomic E-state index is 0.113. The van der Waals surface area contributed by atoms with Crippen molar-refractivity contribution >= 4 is 34.0 Å². The predicted octanol–water partition coefficient (Wildman–Crippen LogP) is 3.00. The summed E-state index contributed by atoms with van der Waals surface area (Å²) in [4.78, 5) is 25.4. The minimum Gasteiger partial charge on any atom is -0.490 e. The number of hydrazone groups is 1. The average Bonchev–Trinajstić information content (AvgIpc) is 3.34. The highest BCUT2D eigenvalue weighted by Gasteiger charge is 2.59. The van der Waals surface area contributed by atoms with E-state index in [0.717, 1.165) is 11.4 Å². The Balaban J connectivity index is 1.57. The van der Waals surface area contributed by atoms with E-state index in [1.54, 1.807) is 12.1 Å². The van der Waals surface area contributed by atoms with E-state index in [2.05, 4.69) is 39.1 Å². The highest BCUT2D eigenvalue weighted by Crippen LogP contribution is 2.52. The first kappa shape index (κ1) is 18.8. The summed E-state index contributed by atoms with van der Waals surface area (Å²) in [5.41, 5.74) is 0.669. The van der Waals surface area contributed by atoms with Crippen LogP contribution in [0.4, 0.5) is 0 Å². The molecule has 1 saturated carbocycles. The van der Waals surface area contributed by atoms with Gasteiger partial charge < -0.3 is 9.47 Å². The number of carbonyl (C=O) groups excluding carboxylic acids is 2. The number of benzene rings is 1. The van der Waals surface area contributed by atoms with E-state index in [1.807, 2.05) is 6.92 Å². The number of nitrogens with zero attached hydrogens (tertiary/aromatic N) is 2. The first-order valence-corrected chi connectivity index (χ1v) is 9.97. The molecule has 4 atom stereocenters. The molecule has 1 heterocycles. The van der Waals surface area contributed by atoms with E-state index in [1.165, 1.54) is 6.21 Å². The Labute approximate surface area is 171 Å². The van der Waals surface area contributed by atoms with E-state index in [0.29, 0.717) is 28.1 Å². The summed E-state index contributed by atoms with van der Waals surface area (Å²) < 4.78 is 11.8. The predicted molar refractivity (Wildman–Crippen MR) is 107 cm³/mol. The summed E-state index contributed by atoms with van der Waals surface area (Å²) >= 11 is 3.45. The van der Waals surface area contributed by atoms with Crippen LogP contribution in [0.15, 0.2) is 33.9 Å². The third-order valence-electron chi connectivity index (χ3n) is 5.40. The second kappa shape index (κ2) is 7.44. The van der Waals surface area contributed by atoms with Crippen molar-refractivity contribution in [2.45, 2.75) is 13.3 Å². The van der Waals surface area contributed by atoms with Crippen LogP contribution in [0.25, 0.3) is 0 Å². The Bertz CT molecular complexity index is 903. The molecule has 3 aliphatic rings. The van der Waals surface area contributed by atoms with Gasteiger partial charge in [0, 0.05) is 0 Å². The van der Waals surface area contributed by atoms with Gasteiger partial charge in [0.25, 0.3) is 11.8 Å². The highest BCUT2D eigenvalue weighted by molar-refractivity contribution is 9.10.